The van der Waals surface area contributed by atoms with E-state index in [2.05, 4.69) is 26.6 Å². The van der Waals surface area contributed by atoms with Crippen molar-refractivity contribution >= 4 is 44.6 Å². The number of aryl methyl sites for hydroxylation is 1. The van der Waals surface area contributed by atoms with Crippen LogP contribution in [0.3, 0.4) is 0 Å². The van der Waals surface area contributed by atoms with Crippen LogP contribution in [0.5, 0.6) is 0 Å². The van der Waals surface area contributed by atoms with Gasteiger partial charge in [0.05, 0.1) is 5.69 Å². The molecule has 2 aromatic rings. The van der Waals surface area contributed by atoms with Gasteiger partial charge < -0.3 is 10.6 Å². The molecule has 0 saturated heterocycles. The van der Waals surface area contributed by atoms with Crippen molar-refractivity contribution in [2.75, 3.05) is 10.6 Å². The van der Waals surface area contributed by atoms with Crippen LogP contribution in [0.1, 0.15) is 5.56 Å². The van der Waals surface area contributed by atoms with Gasteiger partial charge in [0.1, 0.15) is 5.82 Å². The highest BCUT2D eigenvalue weighted by atomic mass is 79.9. The molecule has 19 heavy (non-hydrogen) atoms. The van der Waals surface area contributed by atoms with E-state index in [1.807, 2.05) is 31.2 Å². The molecule has 0 unspecified atom stereocenters. The summed E-state index contributed by atoms with van der Waals surface area (Å²) in [5, 5.41) is 6.20. The number of nitrogens with one attached hydrogen (secondary N) is 2. The molecular formula is C14H12BrFN2S. The summed E-state index contributed by atoms with van der Waals surface area (Å²) in [5.74, 6) is -0.330. The van der Waals surface area contributed by atoms with Crippen molar-refractivity contribution in [3.63, 3.8) is 0 Å². The number of halogens is 2. The van der Waals surface area contributed by atoms with Gasteiger partial charge in [-0.2, -0.15) is 0 Å². The number of anilines is 2. The van der Waals surface area contributed by atoms with Crippen molar-refractivity contribution in [2.45, 2.75) is 6.92 Å². The number of thiocarbonyl (C=S) groups is 1. The van der Waals surface area contributed by atoms with Gasteiger partial charge in [-0.05, 0) is 55.0 Å². The highest BCUT2D eigenvalue weighted by Gasteiger charge is 2.04. The molecule has 2 N–H and O–H groups in total. The molecule has 0 bridgehead atoms. The van der Waals surface area contributed by atoms with E-state index in [0.29, 0.717) is 10.8 Å². The highest BCUT2D eigenvalue weighted by Crippen LogP contribution is 2.18. The summed E-state index contributed by atoms with van der Waals surface area (Å²) >= 11 is 8.54. The van der Waals surface area contributed by atoms with Crippen molar-refractivity contribution in [1.82, 2.24) is 0 Å². The summed E-state index contributed by atoms with van der Waals surface area (Å²) in [6.45, 7) is 1.90. The summed E-state index contributed by atoms with van der Waals surface area (Å²) in [5.41, 5.74) is 2.17. The van der Waals surface area contributed by atoms with Crippen LogP contribution in [0, 0.1) is 12.7 Å². The summed E-state index contributed by atoms with van der Waals surface area (Å²) in [4.78, 5) is 0. The van der Waals surface area contributed by atoms with Crippen molar-refractivity contribution in [1.29, 1.82) is 0 Å². The van der Waals surface area contributed by atoms with Gasteiger partial charge in [0, 0.05) is 10.2 Å². The van der Waals surface area contributed by atoms with Crippen molar-refractivity contribution in [2.24, 2.45) is 0 Å². The quantitative estimate of drug-likeness (QED) is 0.775. The third-order valence-electron chi connectivity index (χ3n) is 2.45. The molecule has 0 aromatic heterocycles. The molecule has 0 saturated carbocycles. The van der Waals surface area contributed by atoms with E-state index < -0.39 is 0 Å². The van der Waals surface area contributed by atoms with E-state index in [4.69, 9.17) is 12.2 Å². The predicted octanol–water partition coefficient (Wildman–Crippen LogP) is 4.71. The average molecular weight is 339 g/mol. The van der Waals surface area contributed by atoms with Gasteiger partial charge in [-0.1, -0.05) is 28.1 Å². The van der Waals surface area contributed by atoms with E-state index in [-0.39, 0.29) is 5.82 Å². The molecule has 0 spiro atoms. The molecule has 0 atom stereocenters. The summed E-state index contributed by atoms with van der Waals surface area (Å²) in [6, 6.07) is 12.4. The van der Waals surface area contributed by atoms with Crippen molar-refractivity contribution < 1.29 is 4.39 Å². The van der Waals surface area contributed by atoms with E-state index in [9.17, 15) is 4.39 Å². The van der Waals surface area contributed by atoms with E-state index in [0.717, 1.165) is 15.7 Å². The maximum Gasteiger partial charge on any atom is 0.175 e. The van der Waals surface area contributed by atoms with Gasteiger partial charge in [0.15, 0.2) is 5.11 Å². The van der Waals surface area contributed by atoms with Crippen LogP contribution in [-0.4, -0.2) is 5.11 Å². The molecule has 5 heteroatoms. The molecule has 2 nitrogen and oxygen atoms in total. The summed E-state index contributed by atoms with van der Waals surface area (Å²) < 4.78 is 14.5. The minimum Gasteiger partial charge on any atom is -0.332 e. The SMILES string of the molecule is Cc1ccc(F)c(NC(=S)Nc2cccc(Br)c2)c1. The lowest BCUT2D eigenvalue weighted by Crippen LogP contribution is -2.19. The minimum absolute atomic E-state index is 0.330. The molecule has 2 aromatic carbocycles. The smallest absolute Gasteiger partial charge is 0.175 e. The maximum atomic E-state index is 13.6. The zero-order valence-electron chi connectivity index (χ0n) is 10.2. The molecule has 0 heterocycles. The van der Waals surface area contributed by atoms with Crippen molar-refractivity contribution in [3.05, 3.63) is 58.3 Å². The zero-order valence-corrected chi connectivity index (χ0v) is 12.6. The predicted molar refractivity (Wildman–Crippen MR) is 85.1 cm³/mol. The van der Waals surface area contributed by atoms with Crippen LogP contribution in [0.4, 0.5) is 15.8 Å². The molecule has 0 aliphatic heterocycles. The first-order chi connectivity index (χ1) is 9.04. The first kappa shape index (κ1) is 14.0. The third kappa shape index (κ3) is 4.01. The number of hydrogen-bond donors (Lipinski definition) is 2. The van der Waals surface area contributed by atoms with E-state index in [1.165, 1.54) is 6.07 Å². The Morgan fingerprint density at radius 1 is 1.16 bits per heavy atom. The molecule has 0 aliphatic rings. The van der Waals surface area contributed by atoms with Crippen LogP contribution >= 0.6 is 28.1 Å². The lowest BCUT2D eigenvalue weighted by atomic mass is 10.2. The van der Waals surface area contributed by atoms with Gasteiger partial charge in [-0.25, -0.2) is 4.39 Å². The Labute approximate surface area is 125 Å². The molecule has 0 radical (unpaired) electrons. The van der Waals surface area contributed by atoms with Gasteiger partial charge in [-0.3, -0.25) is 0 Å². The summed E-state index contributed by atoms with van der Waals surface area (Å²) in [7, 11) is 0. The zero-order chi connectivity index (χ0) is 13.8. The van der Waals surface area contributed by atoms with Gasteiger partial charge in [-0.15, -0.1) is 0 Å². The Morgan fingerprint density at radius 3 is 2.68 bits per heavy atom. The minimum atomic E-state index is -0.330. The first-order valence-corrected chi connectivity index (χ1v) is 6.84. The second-order valence-corrected chi connectivity index (χ2v) is 5.40. The number of hydrogen-bond acceptors (Lipinski definition) is 1. The topological polar surface area (TPSA) is 24.1 Å². The van der Waals surface area contributed by atoms with Crippen LogP contribution in [0.25, 0.3) is 0 Å². The largest absolute Gasteiger partial charge is 0.332 e. The van der Waals surface area contributed by atoms with Gasteiger partial charge >= 0.3 is 0 Å². The molecule has 2 rings (SSSR count). The van der Waals surface area contributed by atoms with Gasteiger partial charge in [0.25, 0.3) is 0 Å². The summed E-state index contributed by atoms with van der Waals surface area (Å²) in [6.07, 6.45) is 0. The third-order valence-corrected chi connectivity index (χ3v) is 3.15. The Kier molecular flexibility index (Phi) is 4.50. The Balaban J connectivity index is 2.07. The standard InChI is InChI=1S/C14H12BrFN2S/c1-9-5-6-12(16)13(7-9)18-14(19)17-11-4-2-3-10(15)8-11/h2-8H,1H3,(H2,17,18,19). The normalized spacial score (nSPS) is 10.1. The van der Waals surface area contributed by atoms with Crippen LogP contribution in [-0.2, 0) is 0 Å². The fraction of sp³-hybridized carbons (Fsp3) is 0.0714. The molecule has 98 valence electrons. The van der Waals surface area contributed by atoms with Crippen molar-refractivity contribution in [3.8, 4) is 0 Å². The second kappa shape index (κ2) is 6.12. The lowest BCUT2D eigenvalue weighted by Gasteiger charge is -2.12. The molecule has 0 fully saturated rings. The van der Waals surface area contributed by atoms with Crippen LogP contribution < -0.4 is 10.6 Å². The lowest BCUT2D eigenvalue weighted by molar-refractivity contribution is 0.632. The maximum absolute atomic E-state index is 13.6. The fourth-order valence-electron chi connectivity index (χ4n) is 1.59. The monoisotopic (exact) mass is 338 g/mol. The highest BCUT2D eigenvalue weighted by molar-refractivity contribution is 9.10. The Hall–Kier alpha value is -1.46. The average Bonchev–Trinajstić information content (AvgIpc) is 2.34. The fourth-order valence-corrected chi connectivity index (χ4v) is 2.21. The van der Waals surface area contributed by atoms with Gasteiger partial charge in [0.2, 0.25) is 0 Å². The number of rotatable bonds is 2. The molecule has 0 amide bonds. The van der Waals surface area contributed by atoms with Crippen LogP contribution in [0.15, 0.2) is 46.9 Å². The van der Waals surface area contributed by atoms with E-state index in [1.54, 1.807) is 12.1 Å². The number of benzene rings is 2. The molecular weight excluding hydrogens is 327 g/mol. The first-order valence-electron chi connectivity index (χ1n) is 5.64. The van der Waals surface area contributed by atoms with E-state index >= 15 is 0 Å². The Bertz CT molecular complexity index is 616. The second-order valence-electron chi connectivity index (χ2n) is 4.07. The Morgan fingerprint density at radius 2 is 1.95 bits per heavy atom. The van der Waals surface area contributed by atoms with Crippen LogP contribution in [0.2, 0.25) is 0 Å². The molecule has 0 aliphatic carbocycles.